The SMILES string of the molecule is CC(NC(=O)C1(N)CCC1)c1ccccc1Cl. The van der Waals surface area contributed by atoms with E-state index < -0.39 is 5.54 Å². The second-order valence-electron chi connectivity index (χ2n) is 4.73. The van der Waals surface area contributed by atoms with Crippen LogP contribution in [0.5, 0.6) is 0 Å². The van der Waals surface area contributed by atoms with E-state index in [1.54, 1.807) is 0 Å². The van der Waals surface area contributed by atoms with Gasteiger partial charge in [-0.05, 0) is 37.8 Å². The molecule has 3 nitrogen and oxygen atoms in total. The predicted molar refractivity (Wildman–Crippen MR) is 68.8 cm³/mol. The van der Waals surface area contributed by atoms with Gasteiger partial charge in [0.2, 0.25) is 5.91 Å². The Morgan fingerprint density at radius 3 is 2.65 bits per heavy atom. The third kappa shape index (κ3) is 2.45. The number of rotatable bonds is 3. The van der Waals surface area contributed by atoms with Gasteiger partial charge in [0.1, 0.15) is 0 Å². The summed E-state index contributed by atoms with van der Waals surface area (Å²) in [6.45, 7) is 1.92. The summed E-state index contributed by atoms with van der Waals surface area (Å²) in [6, 6.07) is 7.40. The highest BCUT2D eigenvalue weighted by Crippen LogP contribution is 2.30. The highest BCUT2D eigenvalue weighted by atomic mass is 35.5. The number of nitrogens with one attached hydrogen (secondary N) is 1. The molecule has 1 saturated carbocycles. The average Bonchev–Trinajstić information content (AvgIpc) is 2.26. The van der Waals surface area contributed by atoms with Crippen molar-refractivity contribution in [1.82, 2.24) is 5.32 Å². The highest BCUT2D eigenvalue weighted by molar-refractivity contribution is 6.31. The molecule has 0 aromatic heterocycles. The monoisotopic (exact) mass is 252 g/mol. The zero-order valence-electron chi connectivity index (χ0n) is 9.87. The maximum absolute atomic E-state index is 12.0. The molecule has 2 rings (SSSR count). The lowest BCUT2D eigenvalue weighted by atomic mass is 9.77. The Hall–Kier alpha value is -1.06. The Kier molecular flexibility index (Phi) is 3.40. The van der Waals surface area contributed by atoms with E-state index in [1.807, 2.05) is 31.2 Å². The molecule has 0 spiro atoms. The molecule has 0 heterocycles. The molecule has 0 aliphatic heterocycles. The number of benzene rings is 1. The molecule has 1 aromatic rings. The highest BCUT2D eigenvalue weighted by Gasteiger charge is 2.40. The summed E-state index contributed by atoms with van der Waals surface area (Å²) in [7, 11) is 0. The maximum atomic E-state index is 12.0. The lowest BCUT2D eigenvalue weighted by Gasteiger charge is -2.37. The van der Waals surface area contributed by atoms with Gasteiger partial charge in [-0.1, -0.05) is 29.8 Å². The van der Waals surface area contributed by atoms with Crippen molar-refractivity contribution in [3.63, 3.8) is 0 Å². The minimum absolute atomic E-state index is 0.0730. The summed E-state index contributed by atoms with van der Waals surface area (Å²) in [5, 5.41) is 3.60. The second-order valence-corrected chi connectivity index (χ2v) is 5.13. The number of amides is 1. The van der Waals surface area contributed by atoms with Crippen LogP contribution in [0.4, 0.5) is 0 Å². The van der Waals surface area contributed by atoms with Crippen LogP contribution in [0.15, 0.2) is 24.3 Å². The van der Waals surface area contributed by atoms with Crippen LogP contribution < -0.4 is 11.1 Å². The van der Waals surface area contributed by atoms with Crippen LogP contribution >= 0.6 is 11.6 Å². The first-order valence-corrected chi connectivity index (χ1v) is 6.25. The summed E-state index contributed by atoms with van der Waals surface area (Å²) < 4.78 is 0. The average molecular weight is 253 g/mol. The lowest BCUT2D eigenvalue weighted by Crippen LogP contribution is -2.58. The van der Waals surface area contributed by atoms with Crippen molar-refractivity contribution in [3.8, 4) is 0 Å². The van der Waals surface area contributed by atoms with E-state index in [0.717, 1.165) is 24.8 Å². The normalized spacial score (nSPS) is 19.2. The Morgan fingerprint density at radius 1 is 1.47 bits per heavy atom. The van der Waals surface area contributed by atoms with Crippen LogP contribution in [0.1, 0.15) is 37.8 Å². The van der Waals surface area contributed by atoms with E-state index in [4.69, 9.17) is 17.3 Å². The van der Waals surface area contributed by atoms with Crippen LogP contribution in [0.25, 0.3) is 0 Å². The fourth-order valence-corrected chi connectivity index (χ4v) is 2.33. The maximum Gasteiger partial charge on any atom is 0.240 e. The molecule has 1 aliphatic carbocycles. The smallest absolute Gasteiger partial charge is 0.240 e. The molecule has 92 valence electrons. The fraction of sp³-hybridized carbons (Fsp3) is 0.462. The minimum atomic E-state index is -0.657. The van der Waals surface area contributed by atoms with Crippen molar-refractivity contribution in [3.05, 3.63) is 34.9 Å². The van der Waals surface area contributed by atoms with Gasteiger partial charge in [0.15, 0.2) is 0 Å². The Labute approximate surface area is 106 Å². The van der Waals surface area contributed by atoms with Crippen molar-refractivity contribution >= 4 is 17.5 Å². The van der Waals surface area contributed by atoms with Crippen LogP contribution in [0, 0.1) is 0 Å². The van der Waals surface area contributed by atoms with E-state index >= 15 is 0 Å². The van der Waals surface area contributed by atoms with Gasteiger partial charge < -0.3 is 11.1 Å². The number of halogens is 1. The molecule has 3 N–H and O–H groups in total. The number of hydrogen-bond acceptors (Lipinski definition) is 2. The molecule has 4 heteroatoms. The van der Waals surface area contributed by atoms with Crippen molar-refractivity contribution in [2.24, 2.45) is 5.73 Å². The Bertz CT molecular complexity index is 429. The Morgan fingerprint density at radius 2 is 2.12 bits per heavy atom. The van der Waals surface area contributed by atoms with Crippen LogP contribution in [0.2, 0.25) is 5.02 Å². The minimum Gasteiger partial charge on any atom is -0.348 e. The molecular formula is C13H17ClN2O. The zero-order chi connectivity index (χ0) is 12.5. The summed E-state index contributed by atoms with van der Waals surface area (Å²) in [6.07, 6.45) is 2.58. The number of carbonyl (C=O) groups is 1. The fourth-order valence-electron chi connectivity index (χ4n) is 2.03. The summed E-state index contributed by atoms with van der Waals surface area (Å²) in [5.74, 6) is -0.0730. The standard InChI is InChI=1S/C13H17ClN2O/c1-9(10-5-2-3-6-11(10)14)16-12(17)13(15)7-4-8-13/h2-3,5-6,9H,4,7-8,15H2,1H3,(H,16,17). The van der Waals surface area contributed by atoms with Crippen LogP contribution in [-0.2, 0) is 4.79 Å². The zero-order valence-corrected chi connectivity index (χ0v) is 10.6. The van der Waals surface area contributed by atoms with Gasteiger partial charge >= 0.3 is 0 Å². The summed E-state index contributed by atoms with van der Waals surface area (Å²) >= 11 is 6.08. The third-order valence-electron chi connectivity index (χ3n) is 3.42. The molecule has 1 atom stereocenters. The summed E-state index contributed by atoms with van der Waals surface area (Å²) in [5.41, 5.74) is 6.23. The number of nitrogens with two attached hydrogens (primary N) is 1. The van der Waals surface area contributed by atoms with Crippen LogP contribution in [0.3, 0.4) is 0 Å². The van der Waals surface area contributed by atoms with E-state index in [9.17, 15) is 4.79 Å². The second kappa shape index (κ2) is 4.67. The lowest BCUT2D eigenvalue weighted by molar-refractivity contribution is -0.129. The van der Waals surface area contributed by atoms with Gasteiger partial charge in [0.05, 0.1) is 11.6 Å². The van der Waals surface area contributed by atoms with E-state index in [-0.39, 0.29) is 11.9 Å². The van der Waals surface area contributed by atoms with E-state index in [1.165, 1.54) is 0 Å². The third-order valence-corrected chi connectivity index (χ3v) is 3.76. The van der Waals surface area contributed by atoms with E-state index in [2.05, 4.69) is 5.32 Å². The topological polar surface area (TPSA) is 55.1 Å². The first-order valence-electron chi connectivity index (χ1n) is 5.87. The van der Waals surface area contributed by atoms with Gasteiger partial charge in [-0.2, -0.15) is 0 Å². The molecule has 1 aromatic carbocycles. The Balaban J connectivity index is 2.04. The first-order chi connectivity index (χ1) is 8.03. The van der Waals surface area contributed by atoms with Gasteiger partial charge in [-0.15, -0.1) is 0 Å². The molecule has 0 saturated heterocycles. The number of hydrogen-bond donors (Lipinski definition) is 2. The quantitative estimate of drug-likeness (QED) is 0.868. The van der Waals surface area contributed by atoms with Crippen molar-refractivity contribution < 1.29 is 4.79 Å². The van der Waals surface area contributed by atoms with E-state index in [0.29, 0.717) is 5.02 Å². The molecule has 1 aliphatic rings. The molecule has 1 fully saturated rings. The van der Waals surface area contributed by atoms with Gasteiger partial charge in [0, 0.05) is 5.02 Å². The van der Waals surface area contributed by atoms with Crippen LogP contribution in [-0.4, -0.2) is 11.4 Å². The predicted octanol–water partition coefficient (Wildman–Crippen LogP) is 2.40. The summed E-state index contributed by atoms with van der Waals surface area (Å²) in [4.78, 5) is 12.0. The van der Waals surface area contributed by atoms with Crippen molar-refractivity contribution in [1.29, 1.82) is 0 Å². The molecule has 17 heavy (non-hydrogen) atoms. The van der Waals surface area contributed by atoms with Crippen molar-refractivity contribution in [2.75, 3.05) is 0 Å². The van der Waals surface area contributed by atoms with Gasteiger partial charge in [-0.3, -0.25) is 4.79 Å². The van der Waals surface area contributed by atoms with Crippen molar-refractivity contribution in [2.45, 2.75) is 37.8 Å². The number of carbonyl (C=O) groups excluding carboxylic acids is 1. The largest absolute Gasteiger partial charge is 0.348 e. The molecule has 1 amide bonds. The molecule has 1 unspecified atom stereocenters. The first kappa shape index (κ1) is 12.4. The molecule has 0 radical (unpaired) electrons. The van der Waals surface area contributed by atoms with Gasteiger partial charge in [-0.25, -0.2) is 0 Å². The van der Waals surface area contributed by atoms with Gasteiger partial charge in [0.25, 0.3) is 0 Å². The molecule has 0 bridgehead atoms. The molecular weight excluding hydrogens is 236 g/mol.